The first-order valence-corrected chi connectivity index (χ1v) is 11.2. The molecule has 1 aliphatic carbocycles. The first-order chi connectivity index (χ1) is 14.2. The Balaban J connectivity index is 1.61. The van der Waals surface area contributed by atoms with Crippen molar-refractivity contribution in [3.05, 3.63) is 41.1 Å². The summed E-state index contributed by atoms with van der Waals surface area (Å²) >= 11 is 0.989. The van der Waals surface area contributed by atoms with E-state index in [0.29, 0.717) is 24.6 Å². The third kappa shape index (κ3) is 4.19. The standard InChI is InChI=1S/C22H24F3N3OS/c1-13-9-10-28(14(2)11-13)18(29)12-30-21-26-19-16-6-4-3-5-15(16)7-8-17(19)20(27-21)22(23,24)25/h3-6,13-14H,7-12H2,1-2H3/t13-,14-/m0/s1. The van der Waals surface area contributed by atoms with Crippen LogP contribution in [0.3, 0.4) is 0 Å². The summed E-state index contributed by atoms with van der Waals surface area (Å²) in [5.41, 5.74) is 1.32. The van der Waals surface area contributed by atoms with E-state index >= 15 is 0 Å². The molecule has 2 aliphatic rings. The molecule has 1 aromatic heterocycles. The average Bonchev–Trinajstić information content (AvgIpc) is 2.70. The van der Waals surface area contributed by atoms with Crippen LogP contribution in [0.25, 0.3) is 11.3 Å². The molecule has 1 amide bonds. The maximum atomic E-state index is 13.7. The topological polar surface area (TPSA) is 46.1 Å². The molecule has 0 bridgehead atoms. The van der Waals surface area contributed by atoms with Gasteiger partial charge in [0.25, 0.3) is 0 Å². The van der Waals surface area contributed by atoms with Crippen molar-refractivity contribution in [2.24, 2.45) is 5.92 Å². The summed E-state index contributed by atoms with van der Waals surface area (Å²) in [7, 11) is 0. The first-order valence-electron chi connectivity index (χ1n) is 10.2. The van der Waals surface area contributed by atoms with Crippen LogP contribution in [0.5, 0.6) is 0 Å². The highest BCUT2D eigenvalue weighted by Gasteiger charge is 2.39. The van der Waals surface area contributed by atoms with Gasteiger partial charge in [0.05, 0.1) is 11.4 Å². The van der Waals surface area contributed by atoms with Crippen molar-refractivity contribution in [2.45, 2.75) is 56.9 Å². The van der Waals surface area contributed by atoms with Crippen molar-refractivity contribution < 1.29 is 18.0 Å². The lowest BCUT2D eigenvalue weighted by molar-refractivity contribution is -0.142. The summed E-state index contributed by atoms with van der Waals surface area (Å²) in [5.74, 6) is 0.543. The highest BCUT2D eigenvalue weighted by molar-refractivity contribution is 7.99. The molecule has 1 aliphatic heterocycles. The molecule has 2 heterocycles. The van der Waals surface area contributed by atoms with Crippen LogP contribution in [0.1, 0.15) is 43.5 Å². The van der Waals surface area contributed by atoms with Gasteiger partial charge < -0.3 is 4.90 Å². The van der Waals surface area contributed by atoms with Gasteiger partial charge in [-0.3, -0.25) is 4.79 Å². The minimum absolute atomic E-state index is 0.00385. The molecule has 30 heavy (non-hydrogen) atoms. The molecule has 160 valence electrons. The zero-order valence-corrected chi connectivity index (χ0v) is 17.8. The number of hydrogen-bond donors (Lipinski definition) is 0. The van der Waals surface area contributed by atoms with Crippen molar-refractivity contribution in [3.8, 4) is 11.3 Å². The Morgan fingerprint density at radius 1 is 1.20 bits per heavy atom. The van der Waals surface area contributed by atoms with E-state index in [0.717, 1.165) is 35.7 Å². The number of alkyl halides is 3. The summed E-state index contributed by atoms with van der Waals surface area (Å²) < 4.78 is 41.2. The molecule has 0 radical (unpaired) electrons. The Morgan fingerprint density at radius 3 is 2.70 bits per heavy atom. The van der Waals surface area contributed by atoms with E-state index in [-0.39, 0.29) is 34.8 Å². The van der Waals surface area contributed by atoms with Crippen molar-refractivity contribution >= 4 is 17.7 Å². The van der Waals surface area contributed by atoms with Gasteiger partial charge in [-0.2, -0.15) is 13.2 Å². The predicted octanol–water partition coefficient (Wildman–Crippen LogP) is 5.00. The van der Waals surface area contributed by atoms with Crippen molar-refractivity contribution in [3.63, 3.8) is 0 Å². The molecule has 1 saturated heterocycles. The summed E-state index contributed by atoms with van der Waals surface area (Å²) in [6.45, 7) is 4.88. The number of benzene rings is 1. The van der Waals surface area contributed by atoms with Gasteiger partial charge in [-0.05, 0) is 44.1 Å². The van der Waals surface area contributed by atoms with Crippen LogP contribution in [0, 0.1) is 5.92 Å². The van der Waals surface area contributed by atoms with Gasteiger partial charge in [-0.15, -0.1) is 0 Å². The number of nitrogens with zero attached hydrogens (tertiary/aromatic N) is 3. The lowest BCUT2D eigenvalue weighted by Gasteiger charge is -2.36. The second-order valence-corrected chi connectivity index (χ2v) is 9.13. The Morgan fingerprint density at radius 2 is 1.97 bits per heavy atom. The van der Waals surface area contributed by atoms with E-state index in [1.54, 1.807) is 12.1 Å². The maximum absolute atomic E-state index is 13.7. The van der Waals surface area contributed by atoms with Crippen LogP contribution in [0.2, 0.25) is 0 Å². The van der Waals surface area contributed by atoms with Gasteiger partial charge in [0.15, 0.2) is 10.9 Å². The molecule has 4 rings (SSSR count). The Hall–Kier alpha value is -2.09. The number of halogens is 3. The third-order valence-corrected chi connectivity index (χ3v) is 6.79. The highest BCUT2D eigenvalue weighted by atomic mass is 32.2. The van der Waals surface area contributed by atoms with Gasteiger partial charge >= 0.3 is 6.18 Å². The van der Waals surface area contributed by atoms with E-state index in [4.69, 9.17) is 0 Å². The van der Waals surface area contributed by atoms with E-state index in [1.807, 2.05) is 24.0 Å². The fraction of sp³-hybridized carbons (Fsp3) is 0.500. The molecular formula is C22H24F3N3OS. The number of fused-ring (bicyclic) bond motifs is 3. The number of aromatic nitrogens is 2. The molecule has 0 unspecified atom stereocenters. The number of amides is 1. The Kier molecular flexibility index (Phi) is 5.79. The summed E-state index contributed by atoms with van der Waals surface area (Å²) in [6, 6.07) is 7.55. The zero-order chi connectivity index (χ0) is 21.5. The lowest BCUT2D eigenvalue weighted by Crippen LogP contribution is -2.45. The zero-order valence-electron chi connectivity index (χ0n) is 17.0. The molecular weight excluding hydrogens is 411 g/mol. The van der Waals surface area contributed by atoms with E-state index in [2.05, 4.69) is 16.9 Å². The van der Waals surface area contributed by atoms with Crippen molar-refractivity contribution in [1.29, 1.82) is 0 Å². The van der Waals surface area contributed by atoms with Crippen LogP contribution < -0.4 is 0 Å². The van der Waals surface area contributed by atoms with Gasteiger partial charge in [-0.25, -0.2) is 9.97 Å². The van der Waals surface area contributed by atoms with E-state index in [9.17, 15) is 18.0 Å². The number of carbonyl (C=O) groups excluding carboxylic acids is 1. The summed E-state index contributed by atoms with van der Waals surface area (Å²) in [5, 5.41) is 0.00385. The maximum Gasteiger partial charge on any atom is 0.433 e. The fourth-order valence-electron chi connectivity index (χ4n) is 4.44. The highest BCUT2D eigenvalue weighted by Crippen LogP contribution is 2.40. The number of hydrogen-bond acceptors (Lipinski definition) is 4. The van der Waals surface area contributed by atoms with Crippen LogP contribution in [0.4, 0.5) is 13.2 Å². The van der Waals surface area contributed by atoms with Gasteiger partial charge in [0.2, 0.25) is 5.91 Å². The second-order valence-electron chi connectivity index (χ2n) is 8.19. The minimum atomic E-state index is -4.56. The van der Waals surface area contributed by atoms with Gasteiger partial charge in [0, 0.05) is 23.7 Å². The Labute approximate surface area is 178 Å². The number of rotatable bonds is 3. The molecule has 0 saturated carbocycles. The molecule has 2 aromatic rings. The van der Waals surface area contributed by atoms with Crippen LogP contribution in [0.15, 0.2) is 29.4 Å². The minimum Gasteiger partial charge on any atom is -0.339 e. The van der Waals surface area contributed by atoms with Crippen LogP contribution in [-0.4, -0.2) is 39.1 Å². The van der Waals surface area contributed by atoms with Gasteiger partial charge in [0.1, 0.15) is 0 Å². The predicted molar refractivity (Wildman–Crippen MR) is 110 cm³/mol. The smallest absolute Gasteiger partial charge is 0.339 e. The molecule has 1 aromatic carbocycles. The first kappa shape index (κ1) is 21.2. The summed E-state index contributed by atoms with van der Waals surface area (Å²) in [4.78, 5) is 22.8. The SMILES string of the molecule is C[C@H]1CCN(C(=O)CSc2nc3c(c(C(F)(F)F)n2)CCc2ccccc2-3)[C@@H](C)C1. The third-order valence-electron chi connectivity index (χ3n) is 5.96. The lowest BCUT2D eigenvalue weighted by atomic mass is 9.88. The molecule has 8 heteroatoms. The normalized spacial score (nSPS) is 21.2. The second kappa shape index (κ2) is 8.21. The largest absolute Gasteiger partial charge is 0.433 e. The number of carbonyl (C=O) groups is 1. The molecule has 4 nitrogen and oxygen atoms in total. The van der Waals surface area contributed by atoms with E-state index < -0.39 is 11.9 Å². The number of likely N-dealkylation sites (tertiary alicyclic amines) is 1. The number of thioether (sulfide) groups is 1. The molecule has 1 fully saturated rings. The number of aryl methyl sites for hydroxylation is 1. The summed E-state index contributed by atoms with van der Waals surface area (Å²) in [6.07, 6.45) is -1.87. The van der Waals surface area contributed by atoms with Crippen molar-refractivity contribution in [2.75, 3.05) is 12.3 Å². The Bertz CT molecular complexity index is 963. The molecule has 0 N–H and O–H groups in total. The van der Waals surface area contributed by atoms with Crippen LogP contribution in [-0.2, 0) is 23.8 Å². The number of piperidine rings is 1. The average molecular weight is 436 g/mol. The quantitative estimate of drug-likeness (QED) is 0.503. The van der Waals surface area contributed by atoms with Gasteiger partial charge in [-0.1, -0.05) is 43.0 Å². The monoisotopic (exact) mass is 435 g/mol. The van der Waals surface area contributed by atoms with Crippen LogP contribution >= 0.6 is 11.8 Å². The van der Waals surface area contributed by atoms with E-state index in [1.165, 1.54) is 0 Å². The molecule has 2 atom stereocenters. The molecule has 0 spiro atoms. The van der Waals surface area contributed by atoms with Crippen molar-refractivity contribution in [1.82, 2.24) is 14.9 Å². The fourth-order valence-corrected chi connectivity index (χ4v) is 5.17.